The van der Waals surface area contributed by atoms with Crippen molar-refractivity contribution in [3.63, 3.8) is 0 Å². The zero-order chi connectivity index (χ0) is 20.6. The zero-order valence-corrected chi connectivity index (χ0v) is 17.0. The Balaban J connectivity index is 1.27. The highest BCUT2D eigenvalue weighted by atomic mass is 16.5. The van der Waals surface area contributed by atoms with E-state index in [1.807, 2.05) is 53.2 Å². The fraction of sp³-hybridized carbons (Fsp3) is 0.348. The molecule has 3 aromatic rings. The standard InChI is InChI=1S/C23H27N5O2/c29-23(26-15-17-30-18-8-2-1-3-9-18)25-14-16-28-21-12-5-4-10-19(21)22(27-28)20-11-6-7-13-24-20/h1-3,6-9,11,13H,4-5,10,12,14-17H2,(H2,25,26,29). The summed E-state index contributed by atoms with van der Waals surface area (Å²) in [6.45, 7) is 2.03. The van der Waals surface area contributed by atoms with E-state index in [1.165, 1.54) is 24.1 Å². The van der Waals surface area contributed by atoms with Gasteiger partial charge in [0.15, 0.2) is 0 Å². The summed E-state index contributed by atoms with van der Waals surface area (Å²) >= 11 is 0. The second-order valence-corrected chi connectivity index (χ2v) is 7.26. The summed E-state index contributed by atoms with van der Waals surface area (Å²) in [6.07, 6.45) is 6.23. The fourth-order valence-electron chi connectivity index (χ4n) is 3.75. The van der Waals surface area contributed by atoms with Crippen LogP contribution in [0.3, 0.4) is 0 Å². The molecule has 1 aromatic carbocycles. The molecule has 0 fully saturated rings. The maximum atomic E-state index is 12.0. The Morgan fingerprint density at radius 3 is 2.63 bits per heavy atom. The molecule has 0 saturated heterocycles. The van der Waals surface area contributed by atoms with Gasteiger partial charge in [0, 0.05) is 24.0 Å². The molecule has 0 unspecified atom stereocenters. The first kappa shape index (κ1) is 19.9. The number of nitrogens with zero attached hydrogens (tertiary/aromatic N) is 3. The number of rotatable bonds is 8. The summed E-state index contributed by atoms with van der Waals surface area (Å²) in [4.78, 5) is 16.5. The number of benzene rings is 1. The lowest BCUT2D eigenvalue weighted by molar-refractivity contribution is 0.236. The smallest absolute Gasteiger partial charge is 0.314 e. The van der Waals surface area contributed by atoms with Crippen molar-refractivity contribution in [1.82, 2.24) is 25.4 Å². The highest BCUT2D eigenvalue weighted by Gasteiger charge is 2.22. The van der Waals surface area contributed by atoms with Crippen LogP contribution in [0.4, 0.5) is 4.79 Å². The van der Waals surface area contributed by atoms with Crippen molar-refractivity contribution in [3.8, 4) is 17.1 Å². The maximum Gasteiger partial charge on any atom is 0.314 e. The molecule has 2 heterocycles. The number of hydrogen-bond acceptors (Lipinski definition) is 4. The average Bonchev–Trinajstić information content (AvgIpc) is 3.17. The summed E-state index contributed by atoms with van der Waals surface area (Å²) in [6, 6.07) is 15.3. The number of hydrogen-bond donors (Lipinski definition) is 2. The van der Waals surface area contributed by atoms with E-state index in [9.17, 15) is 4.79 Å². The molecule has 30 heavy (non-hydrogen) atoms. The molecule has 0 saturated carbocycles. The van der Waals surface area contributed by atoms with Gasteiger partial charge >= 0.3 is 6.03 Å². The Morgan fingerprint density at radius 2 is 1.80 bits per heavy atom. The zero-order valence-electron chi connectivity index (χ0n) is 17.0. The van der Waals surface area contributed by atoms with Crippen LogP contribution in [0, 0.1) is 0 Å². The van der Waals surface area contributed by atoms with Gasteiger partial charge in [-0.25, -0.2) is 4.79 Å². The lowest BCUT2D eigenvalue weighted by atomic mass is 9.95. The van der Waals surface area contributed by atoms with Crippen molar-refractivity contribution >= 4 is 6.03 Å². The Labute approximate surface area is 176 Å². The van der Waals surface area contributed by atoms with Crippen LogP contribution in [-0.4, -0.2) is 40.5 Å². The number of urea groups is 1. The summed E-state index contributed by atoms with van der Waals surface area (Å²) in [5, 5.41) is 10.6. The maximum absolute atomic E-state index is 12.0. The van der Waals surface area contributed by atoms with Crippen molar-refractivity contribution in [2.75, 3.05) is 19.7 Å². The first-order valence-corrected chi connectivity index (χ1v) is 10.5. The number of fused-ring (bicyclic) bond motifs is 1. The summed E-state index contributed by atoms with van der Waals surface area (Å²) in [5.41, 5.74) is 4.48. The molecule has 7 nitrogen and oxygen atoms in total. The third kappa shape index (κ3) is 4.97. The topological polar surface area (TPSA) is 81.1 Å². The van der Waals surface area contributed by atoms with Gasteiger partial charge in [-0.15, -0.1) is 0 Å². The Morgan fingerprint density at radius 1 is 1.00 bits per heavy atom. The van der Waals surface area contributed by atoms with Gasteiger partial charge in [0.2, 0.25) is 0 Å². The number of nitrogens with one attached hydrogen (secondary N) is 2. The molecule has 2 N–H and O–H groups in total. The lowest BCUT2D eigenvalue weighted by Crippen LogP contribution is -2.39. The van der Waals surface area contributed by atoms with Gasteiger partial charge in [-0.05, 0) is 49.9 Å². The third-order valence-corrected chi connectivity index (χ3v) is 5.17. The fourth-order valence-corrected chi connectivity index (χ4v) is 3.75. The van der Waals surface area contributed by atoms with Gasteiger partial charge in [0.25, 0.3) is 0 Å². The molecular formula is C23H27N5O2. The van der Waals surface area contributed by atoms with E-state index in [4.69, 9.17) is 9.84 Å². The number of aromatic nitrogens is 3. The molecule has 2 amide bonds. The number of ether oxygens (including phenoxy) is 1. The molecule has 2 aromatic heterocycles. The van der Waals surface area contributed by atoms with Crippen LogP contribution >= 0.6 is 0 Å². The molecule has 1 aliphatic rings. The highest BCUT2D eigenvalue weighted by molar-refractivity contribution is 5.73. The Hall–Kier alpha value is -3.35. The van der Waals surface area contributed by atoms with Crippen LogP contribution in [0.2, 0.25) is 0 Å². The normalized spacial score (nSPS) is 12.8. The quantitative estimate of drug-likeness (QED) is 0.564. The van der Waals surface area contributed by atoms with Crippen molar-refractivity contribution in [1.29, 1.82) is 0 Å². The predicted molar refractivity (Wildman–Crippen MR) is 115 cm³/mol. The summed E-state index contributed by atoms with van der Waals surface area (Å²) in [5.74, 6) is 0.798. The van der Waals surface area contributed by atoms with Crippen LogP contribution in [-0.2, 0) is 19.4 Å². The van der Waals surface area contributed by atoms with Crippen molar-refractivity contribution < 1.29 is 9.53 Å². The average molecular weight is 406 g/mol. The Kier molecular flexibility index (Phi) is 6.59. The number of amides is 2. The SMILES string of the molecule is O=C(NCCOc1ccccc1)NCCn1nc(-c2ccccn2)c2c1CCCC2. The van der Waals surface area contributed by atoms with Gasteiger partial charge in [-0.3, -0.25) is 9.67 Å². The monoisotopic (exact) mass is 405 g/mol. The van der Waals surface area contributed by atoms with Crippen LogP contribution < -0.4 is 15.4 Å². The van der Waals surface area contributed by atoms with Gasteiger partial charge in [0.05, 0.1) is 18.8 Å². The molecule has 0 spiro atoms. The number of carbonyl (C=O) groups excluding carboxylic acids is 1. The van der Waals surface area contributed by atoms with Crippen molar-refractivity contribution in [2.24, 2.45) is 0 Å². The predicted octanol–water partition coefficient (Wildman–Crippen LogP) is 3.20. The third-order valence-electron chi connectivity index (χ3n) is 5.17. The molecule has 0 atom stereocenters. The largest absolute Gasteiger partial charge is 0.492 e. The second-order valence-electron chi connectivity index (χ2n) is 7.26. The van der Waals surface area contributed by atoms with E-state index in [1.54, 1.807) is 6.20 Å². The van der Waals surface area contributed by atoms with E-state index in [2.05, 4.69) is 15.6 Å². The molecule has 0 bridgehead atoms. The van der Waals surface area contributed by atoms with E-state index in [0.29, 0.717) is 26.2 Å². The van der Waals surface area contributed by atoms with Crippen LogP contribution in [0.15, 0.2) is 54.7 Å². The van der Waals surface area contributed by atoms with Gasteiger partial charge < -0.3 is 15.4 Å². The summed E-state index contributed by atoms with van der Waals surface area (Å²) in [7, 11) is 0. The lowest BCUT2D eigenvalue weighted by Gasteiger charge is -2.14. The van der Waals surface area contributed by atoms with Gasteiger partial charge in [-0.1, -0.05) is 24.3 Å². The first-order chi connectivity index (χ1) is 14.8. The number of para-hydroxylation sites is 1. The van der Waals surface area contributed by atoms with Crippen molar-refractivity contribution in [3.05, 3.63) is 66.0 Å². The molecule has 1 aliphatic carbocycles. The van der Waals surface area contributed by atoms with E-state index in [0.717, 1.165) is 30.0 Å². The van der Waals surface area contributed by atoms with Gasteiger partial charge in [-0.2, -0.15) is 5.10 Å². The highest BCUT2D eigenvalue weighted by Crippen LogP contribution is 2.30. The minimum absolute atomic E-state index is 0.197. The Bertz CT molecular complexity index is 956. The minimum atomic E-state index is -0.197. The molecule has 0 aliphatic heterocycles. The second kappa shape index (κ2) is 9.91. The van der Waals surface area contributed by atoms with Gasteiger partial charge in [0.1, 0.15) is 18.1 Å². The molecular weight excluding hydrogens is 378 g/mol. The van der Waals surface area contributed by atoms with Crippen LogP contribution in [0.25, 0.3) is 11.4 Å². The molecule has 4 rings (SSSR count). The number of carbonyl (C=O) groups is 1. The summed E-state index contributed by atoms with van der Waals surface area (Å²) < 4.78 is 7.61. The molecule has 0 radical (unpaired) electrons. The van der Waals surface area contributed by atoms with E-state index >= 15 is 0 Å². The van der Waals surface area contributed by atoms with Crippen LogP contribution in [0.5, 0.6) is 5.75 Å². The number of pyridine rings is 1. The molecule has 156 valence electrons. The van der Waals surface area contributed by atoms with E-state index < -0.39 is 0 Å². The van der Waals surface area contributed by atoms with Crippen LogP contribution in [0.1, 0.15) is 24.1 Å². The first-order valence-electron chi connectivity index (χ1n) is 10.5. The molecule has 7 heteroatoms. The van der Waals surface area contributed by atoms with E-state index in [-0.39, 0.29) is 6.03 Å². The minimum Gasteiger partial charge on any atom is -0.492 e. The van der Waals surface area contributed by atoms with Crippen molar-refractivity contribution in [2.45, 2.75) is 32.2 Å².